The Morgan fingerprint density at radius 1 is 1.63 bits per heavy atom. The molecule has 0 unspecified atom stereocenters. The topological polar surface area (TPSA) is 101 Å². The van der Waals surface area contributed by atoms with Gasteiger partial charge in [-0.15, -0.1) is 0 Å². The van der Waals surface area contributed by atoms with Crippen molar-refractivity contribution in [2.45, 2.75) is 33.2 Å². The quantitative estimate of drug-likeness (QED) is 0.453. The van der Waals surface area contributed by atoms with E-state index < -0.39 is 10.8 Å². The van der Waals surface area contributed by atoms with Crippen LogP contribution in [0.15, 0.2) is 0 Å². The van der Waals surface area contributed by atoms with Gasteiger partial charge in [-0.3, -0.25) is 20.0 Å². The second-order valence-corrected chi connectivity index (χ2v) is 5.56. The molecular formula is C11H18N4O3S. The van der Waals surface area contributed by atoms with Crippen molar-refractivity contribution >= 4 is 23.4 Å². The first-order chi connectivity index (χ1) is 8.97. The average Bonchev–Trinajstić information content (AvgIpc) is 2.71. The minimum absolute atomic E-state index is 0.0387. The van der Waals surface area contributed by atoms with E-state index in [1.807, 2.05) is 6.92 Å². The van der Waals surface area contributed by atoms with Gasteiger partial charge in [0.15, 0.2) is 0 Å². The highest BCUT2D eigenvalue weighted by Crippen LogP contribution is 2.20. The van der Waals surface area contributed by atoms with E-state index >= 15 is 0 Å². The summed E-state index contributed by atoms with van der Waals surface area (Å²) in [4.78, 5) is 22.2. The van der Waals surface area contributed by atoms with E-state index in [1.165, 1.54) is 6.92 Å². The molecule has 0 aliphatic carbocycles. The number of aromatic amines is 1. The number of H-pyrrole nitrogens is 1. The highest BCUT2D eigenvalue weighted by molar-refractivity contribution is 7.99. The van der Waals surface area contributed by atoms with E-state index in [9.17, 15) is 14.9 Å². The van der Waals surface area contributed by atoms with E-state index in [-0.39, 0.29) is 23.1 Å². The van der Waals surface area contributed by atoms with Crippen LogP contribution in [0.25, 0.3) is 0 Å². The Bertz CT molecular complexity index is 461. The Kier molecular flexibility index (Phi) is 5.81. The SMILES string of the molecule is CCSCC[C@H](C)NC(=O)c1n[nH]c(C)c1[N+](=O)[O-]. The Balaban J connectivity index is 2.66. The lowest BCUT2D eigenvalue weighted by molar-refractivity contribution is -0.385. The van der Waals surface area contributed by atoms with Crippen molar-refractivity contribution < 1.29 is 9.72 Å². The lowest BCUT2D eigenvalue weighted by Crippen LogP contribution is -2.33. The normalized spacial score (nSPS) is 12.2. The summed E-state index contributed by atoms with van der Waals surface area (Å²) < 4.78 is 0. The number of aryl methyl sites for hydroxylation is 1. The van der Waals surface area contributed by atoms with E-state index in [0.29, 0.717) is 0 Å². The van der Waals surface area contributed by atoms with Crippen LogP contribution in [0.4, 0.5) is 5.69 Å². The molecule has 0 aliphatic rings. The van der Waals surface area contributed by atoms with Gasteiger partial charge < -0.3 is 5.32 Å². The maximum absolute atomic E-state index is 11.9. The molecule has 106 valence electrons. The summed E-state index contributed by atoms with van der Waals surface area (Å²) in [6.07, 6.45) is 0.821. The zero-order valence-electron chi connectivity index (χ0n) is 11.2. The van der Waals surface area contributed by atoms with Crippen LogP contribution in [-0.4, -0.2) is 38.6 Å². The predicted octanol–water partition coefficient (Wildman–Crippen LogP) is 1.89. The third-order valence-electron chi connectivity index (χ3n) is 2.59. The van der Waals surface area contributed by atoms with Gasteiger partial charge in [-0.05, 0) is 31.8 Å². The number of carbonyl (C=O) groups is 1. The van der Waals surface area contributed by atoms with Gasteiger partial charge in [0.1, 0.15) is 5.69 Å². The Labute approximate surface area is 115 Å². The van der Waals surface area contributed by atoms with Crippen molar-refractivity contribution in [3.8, 4) is 0 Å². The Hall–Kier alpha value is -1.57. The molecule has 2 N–H and O–H groups in total. The van der Waals surface area contributed by atoms with E-state index in [1.54, 1.807) is 11.8 Å². The van der Waals surface area contributed by atoms with Crippen molar-refractivity contribution in [1.29, 1.82) is 0 Å². The van der Waals surface area contributed by atoms with Gasteiger partial charge in [0, 0.05) is 6.04 Å². The van der Waals surface area contributed by atoms with Crippen LogP contribution in [0.5, 0.6) is 0 Å². The van der Waals surface area contributed by atoms with Crippen molar-refractivity contribution in [2.24, 2.45) is 0 Å². The third kappa shape index (κ3) is 4.23. The van der Waals surface area contributed by atoms with E-state index in [4.69, 9.17) is 0 Å². The van der Waals surface area contributed by atoms with Gasteiger partial charge in [0.25, 0.3) is 5.91 Å². The molecule has 0 fully saturated rings. The number of rotatable bonds is 7. The zero-order valence-corrected chi connectivity index (χ0v) is 12.0. The van der Waals surface area contributed by atoms with Gasteiger partial charge in [0.2, 0.25) is 5.69 Å². The molecular weight excluding hydrogens is 268 g/mol. The Morgan fingerprint density at radius 2 is 2.32 bits per heavy atom. The monoisotopic (exact) mass is 286 g/mol. The zero-order chi connectivity index (χ0) is 14.4. The van der Waals surface area contributed by atoms with Crippen LogP contribution in [-0.2, 0) is 0 Å². The second kappa shape index (κ2) is 7.13. The van der Waals surface area contributed by atoms with Crippen LogP contribution in [0.3, 0.4) is 0 Å². The molecule has 8 heteroatoms. The number of nitrogens with zero attached hydrogens (tertiary/aromatic N) is 2. The van der Waals surface area contributed by atoms with Gasteiger partial charge in [-0.2, -0.15) is 16.9 Å². The van der Waals surface area contributed by atoms with Gasteiger partial charge in [-0.1, -0.05) is 6.92 Å². The van der Waals surface area contributed by atoms with E-state index in [0.717, 1.165) is 17.9 Å². The number of aromatic nitrogens is 2. The summed E-state index contributed by atoms with van der Waals surface area (Å²) in [6.45, 7) is 5.46. The first-order valence-corrected chi connectivity index (χ1v) is 7.20. The maximum atomic E-state index is 11.9. The predicted molar refractivity (Wildman–Crippen MR) is 74.5 cm³/mol. The third-order valence-corrected chi connectivity index (χ3v) is 3.52. The summed E-state index contributed by atoms with van der Waals surface area (Å²) in [5.41, 5.74) is -0.130. The van der Waals surface area contributed by atoms with Gasteiger partial charge in [-0.25, -0.2) is 0 Å². The van der Waals surface area contributed by atoms with Crippen molar-refractivity contribution in [1.82, 2.24) is 15.5 Å². The van der Waals surface area contributed by atoms with Crippen LogP contribution in [0, 0.1) is 17.0 Å². The second-order valence-electron chi connectivity index (χ2n) is 4.16. The number of carbonyl (C=O) groups excluding carboxylic acids is 1. The summed E-state index contributed by atoms with van der Waals surface area (Å²) in [7, 11) is 0. The molecule has 1 aromatic rings. The van der Waals surface area contributed by atoms with Crippen LogP contribution in [0.1, 0.15) is 36.5 Å². The maximum Gasteiger partial charge on any atom is 0.322 e. The average molecular weight is 286 g/mol. The number of nitrogens with one attached hydrogen (secondary N) is 2. The van der Waals surface area contributed by atoms with Crippen LogP contribution >= 0.6 is 11.8 Å². The molecule has 1 rings (SSSR count). The lowest BCUT2D eigenvalue weighted by Gasteiger charge is -2.12. The summed E-state index contributed by atoms with van der Waals surface area (Å²) in [6, 6.07) is -0.0387. The molecule has 1 aromatic heterocycles. The van der Waals surface area contributed by atoms with E-state index in [2.05, 4.69) is 22.4 Å². The Morgan fingerprint density at radius 3 is 2.89 bits per heavy atom. The molecule has 19 heavy (non-hydrogen) atoms. The fourth-order valence-corrected chi connectivity index (χ4v) is 2.38. The fraction of sp³-hybridized carbons (Fsp3) is 0.636. The molecule has 0 saturated carbocycles. The molecule has 0 saturated heterocycles. The fourth-order valence-electron chi connectivity index (χ4n) is 1.57. The first-order valence-electron chi connectivity index (χ1n) is 6.05. The number of nitro groups is 1. The minimum atomic E-state index is -0.592. The highest BCUT2D eigenvalue weighted by atomic mass is 32.2. The molecule has 0 spiro atoms. The molecule has 0 radical (unpaired) electrons. The highest BCUT2D eigenvalue weighted by Gasteiger charge is 2.27. The number of hydrogen-bond donors (Lipinski definition) is 2. The smallest absolute Gasteiger partial charge is 0.322 e. The van der Waals surface area contributed by atoms with Crippen LogP contribution < -0.4 is 5.32 Å². The van der Waals surface area contributed by atoms with Crippen LogP contribution in [0.2, 0.25) is 0 Å². The summed E-state index contributed by atoms with van der Waals surface area (Å²) >= 11 is 1.79. The van der Waals surface area contributed by atoms with Crippen molar-refractivity contribution in [2.75, 3.05) is 11.5 Å². The molecule has 0 bridgehead atoms. The molecule has 7 nitrogen and oxygen atoms in total. The number of amides is 1. The summed E-state index contributed by atoms with van der Waals surface area (Å²) in [5.74, 6) is 1.47. The molecule has 0 aliphatic heterocycles. The summed E-state index contributed by atoms with van der Waals surface area (Å²) in [5, 5.41) is 19.8. The molecule has 1 atom stereocenters. The lowest BCUT2D eigenvalue weighted by atomic mass is 10.2. The van der Waals surface area contributed by atoms with Crippen molar-refractivity contribution in [3.63, 3.8) is 0 Å². The number of thioether (sulfide) groups is 1. The molecule has 0 aromatic carbocycles. The van der Waals surface area contributed by atoms with Gasteiger partial charge in [0.05, 0.1) is 4.92 Å². The molecule has 1 amide bonds. The first kappa shape index (κ1) is 15.5. The standard InChI is InChI=1S/C11H18N4O3S/c1-4-19-6-5-7(2)12-11(16)9-10(15(17)18)8(3)13-14-9/h7H,4-6H2,1-3H3,(H,12,16)(H,13,14)/t7-/m0/s1. The van der Waals surface area contributed by atoms with Crippen molar-refractivity contribution in [3.05, 3.63) is 21.5 Å². The van der Waals surface area contributed by atoms with Gasteiger partial charge >= 0.3 is 5.69 Å². The number of hydrogen-bond acceptors (Lipinski definition) is 5. The largest absolute Gasteiger partial charge is 0.348 e. The minimum Gasteiger partial charge on any atom is -0.348 e. The molecule has 1 heterocycles.